The molecule has 0 unspecified atom stereocenters. The van der Waals surface area contributed by atoms with E-state index < -0.39 is 0 Å². The maximum Gasteiger partial charge on any atom is 0.247 e. The van der Waals surface area contributed by atoms with Crippen molar-refractivity contribution in [1.82, 2.24) is 0 Å². The number of benzene rings is 1. The standard InChI is InChI=1S/C11H13NO2/c1-3-11(13)12-9-5-7-10(8-6-9)14-4-2/h3,5-8H,1,4H2,2H3,(H,12,13). The van der Waals surface area contributed by atoms with Gasteiger partial charge in [-0.1, -0.05) is 6.58 Å². The summed E-state index contributed by atoms with van der Waals surface area (Å²) in [6.07, 6.45) is 1.23. The number of hydrogen-bond donors (Lipinski definition) is 1. The Morgan fingerprint density at radius 2 is 2.14 bits per heavy atom. The Bertz CT molecular complexity index is 317. The van der Waals surface area contributed by atoms with Gasteiger partial charge in [0.1, 0.15) is 5.75 Å². The molecule has 0 saturated carbocycles. The van der Waals surface area contributed by atoms with Crippen molar-refractivity contribution in [2.75, 3.05) is 11.9 Å². The van der Waals surface area contributed by atoms with E-state index >= 15 is 0 Å². The fourth-order valence-electron chi connectivity index (χ4n) is 0.994. The predicted molar refractivity (Wildman–Crippen MR) is 56.4 cm³/mol. The van der Waals surface area contributed by atoms with Crippen LogP contribution in [0.3, 0.4) is 0 Å². The SMILES string of the molecule is C=CC(=O)Nc1ccc(OCC)cc1. The molecule has 1 amide bonds. The molecule has 74 valence electrons. The number of amides is 1. The second-order valence-corrected chi connectivity index (χ2v) is 2.65. The highest BCUT2D eigenvalue weighted by Crippen LogP contribution is 2.15. The van der Waals surface area contributed by atoms with E-state index in [4.69, 9.17) is 4.74 Å². The number of hydrogen-bond acceptors (Lipinski definition) is 2. The van der Waals surface area contributed by atoms with Crippen molar-refractivity contribution >= 4 is 11.6 Å². The molecule has 3 heteroatoms. The molecule has 0 atom stereocenters. The first kappa shape index (κ1) is 10.3. The number of nitrogens with one attached hydrogen (secondary N) is 1. The average molecular weight is 191 g/mol. The first-order chi connectivity index (χ1) is 6.76. The van der Waals surface area contributed by atoms with Crippen molar-refractivity contribution in [3.8, 4) is 5.75 Å². The van der Waals surface area contributed by atoms with Crippen molar-refractivity contribution < 1.29 is 9.53 Å². The van der Waals surface area contributed by atoms with Crippen molar-refractivity contribution in [2.45, 2.75) is 6.92 Å². The average Bonchev–Trinajstić information content (AvgIpc) is 2.21. The quantitative estimate of drug-likeness (QED) is 0.741. The maximum absolute atomic E-state index is 10.9. The molecule has 1 N–H and O–H groups in total. The second-order valence-electron chi connectivity index (χ2n) is 2.65. The maximum atomic E-state index is 10.9. The Labute approximate surface area is 83.4 Å². The third kappa shape index (κ3) is 2.94. The Morgan fingerprint density at radius 3 is 2.64 bits per heavy atom. The van der Waals surface area contributed by atoms with Crippen LogP contribution in [-0.2, 0) is 4.79 Å². The molecule has 1 aromatic rings. The van der Waals surface area contributed by atoms with Gasteiger partial charge in [-0.05, 0) is 37.3 Å². The summed E-state index contributed by atoms with van der Waals surface area (Å²) in [5.41, 5.74) is 0.735. The van der Waals surface area contributed by atoms with Crippen LogP contribution in [-0.4, -0.2) is 12.5 Å². The van der Waals surface area contributed by atoms with Gasteiger partial charge in [0, 0.05) is 5.69 Å². The van der Waals surface area contributed by atoms with Crippen molar-refractivity contribution in [3.63, 3.8) is 0 Å². The summed E-state index contributed by atoms with van der Waals surface area (Å²) >= 11 is 0. The molecule has 3 nitrogen and oxygen atoms in total. The molecular formula is C11H13NO2. The second kappa shape index (κ2) is 5.07. The van der Waals surface area contributed by atoms with Crippen molar-refractivity contribution in [3.05, 3.63) is 36.9 Å². The number of anilines is 1. The first-order valence-electron chi connectivity index (χ1n) is 4.42. The number of carbonyl (C=O) groups is 1. The van der Waals surface area contributed by atoms with E-state index in [0.717, 1.165) is 11.4 Å². The van der Waals surface area contributed by atoms with Gasteiger partial charge in [0.05, 0.1) is 6.61 Å². The molecule has 14 heavy (non-hydrogen) atoms. The summed E-state index contributed by atoms with van der Waals surface area (Å²) in [4.78, 5) is 10.9. The lowest BCUT2D eigenvalue weighted by Crippen LogP contribution is -2.06. The highest BCUT2D eigenvalue weighted by molar-refractivity contribution is 5.98. The minimum atomic E-state index is -0.214. The minimum Gasteiger partial charge on any atom is -0.494 e. The normalized spacial score (nSPS) is 9.21. The molecule has 0 heterocycles. The van der Waals surface area contributed by atoms with E-state index in [9.17, 15) is 4.79 Å². The van der Waals surface area contributed by atoms with E-state index in [0.29, 0.717) is 6.61 Å². The van der Waals surface area contributed by atoms with Crippen LogP contribution >= 0.6 is 0 Å². The molecule has 1 aromatic carbocycles. The molecule has 0 aliphatic heterocycles. The van der Waals surface area contributed by atoms with E-state index in [1.807, 2.05) is 19.1 Å². The Balaban J connectivity index is 2.63. The van der Waals surface area contributed by atoms with Crippen LogP contribution in [0.2, 0.25) is 0 Å². The van der Waals surface area contributed by atoms with Gasteiger partial charge >= 0.3 is 0 Å². The molecule has 0 bridgehead atoms. The smallest absolute Gasteiger partial charge is 0.247 e. The van der Waals surface area contributed by atoms with Crippen LogP contribution in [0.5, 0.6) is 5.75 Å². The highest BCUT2D eigenvalue weighted by Gasteiger charge is 1.96. The molecule has 0 saturated heterocycles. The predicted octanol–water partition coefficient (Wildman–Crippen LogP) is 2.21. The van der Waals surface area contributed by atoms with Crippen LogP contribution in [0.25, 0.3) is 0 Å². The van der Waals surface area contributed by atoms with Crippen molar-refractivity contribution in [1.29, 1.82) is 0 Å². The molecule has 0 aliphatic rings. The lowest BCUT2D eigenvalue weighted by molar-refractivity contribution is -0.111. The minimum absolute atomic E-state index is 0.214. The summed E-state index contributed by atoms with van der Waals surface area (Å²) in [6, 6.07) is 7.18. The van der Waals surface area contributed by atoms with E-state index in [1.54, 1.807) is 12.1 Å². The van der Waals surface area contributed by atoms with Gasteiger partial charge in [-0.15, -0.1) is 0 Å². The monoisotopic (exact) mass is 191 g/mol. The summed E-state index contributed by atoms with van der Waals surface area (Å²) < 4.78 is 5.26. The Kier molecular flexibility index (Phi) is 3.73. The van der Waals surface area contributed by atoms with Gasteiger partial charge in [-0.2, -0.15) is 0 Å². The molecule has 0 spiro atoms. The summed E-state index contributed by atoms with van der Waals surface area (Å²) in [5.74, 6) is 0.582. The van der Waals surface area contributed by atoms with Gasteiger partial charge in [-0.3, -0.25) is 4.79 Å². The summed E-state index contributed by atoms with van der Waals surface area (Å²) in [6.45, 7) is 5.93. The van der Waals surface area contributed by atoms with Crippen LogP contribution in [0.4, 0.5) is 5.69 Å². The lowest BCUT2D eigenvalue weighted by atomic mass is 10.3. The molecule has 0 aliphatic carbocycles. The third-order valence-corrected chi connectivity index (χ3v) is 1.62. The zero-order valence-electron chi connectivity index (χ0n) is 8.12. The Hall–Kier alpha value is -1.77. The van der Waals surface area contributed by atoms with Crippen LogP contribution in [0.15, 0.2) is 36.9 Å². The van der Waals surface area contributed by atoms with Gasteiger partial charge in [0.25, 0.3) is 0 Å². The topological polar surface area (TPSA) is 38.3 Å². The number of rotatable bonds is 4. The van der Waals surface area contributed by atoms with Gasteiger partial charge in [-0.25, -0.2) is 0 Å². The van der Waals surface area contributed by atoms with E-state index in [2.05, 4.69) is 11.9 Å². The zero-order valence-corrected chi connectivity index (χ0v) is 8.12. The number of ether oxygens (including phenoxy) is 1. The summed E-state index contributed by atoms with van der Waals surface area (Å²) in [7, 11) is 0. The van der Waals surface area contributed by atoms with Gasteiger partial charge in [0.15, 0.2) is 0 Å². The van der Waals surface area contributed by atoms with Crippen LogP contribution in [0.1, 0.15) is 6.92 Å². The molecule has 1 rings (SSSR count). The van der Waals surface area contributed by atoms with E-state index in [1.165, 1.54) is 6.08 Å². The Morgan fingerprint density at radius 1 is 1.50 bits per heavy atom. The molecule has 0 fully saturated rings. The largest absolute Gasteiger partial charge is 0.494 e. The summed E-state index contributed by atoms with van der Waals surface area (Å²) in [5, 5.41) is 2.65. The fraction of sp³-hybridized carbons (Fsp3) is 0.182. The number of carbonyl (C=O) groups excluding carboxylic acids is 1. The van der Waals surface area contributed by atoms with Gasteiger partial charge in [0.2, 0.25) is 5.91 Å². The first-order valence-corrected chi connectivity index (χ1v) is 4.42. The zero-order chi connectivity index (χ0) is 10.4. The molecular weight excluding hydrogens is 178 g/mol. The van der Waals surface area contributed by atoms with Crippen LogP contribution < -0.4 is 10.1 Å². The van der Waals surface area contributed by atoms with Crippen LogP contribution in [0, 0.1) is 0 Å². The fourth-order valence-corrected chi connectivity index (χ4v) is 0.994. The van der Waals surface area contributed by atoms with E-state index in [-0.39, 0.29) is 5.91 Å². The van der Waals surface area contributed by atoms with Crippen molar-refractivity contribution in [2.24, 2.45) is 0 Å². The molecule has 0 radical (unpaired) electrons. The van der Waals surface area contributed by atoms with Gasteiger partial charge < -0.3 is 10.1 Å². The highest BCUT2D eigenvalue weighted by atomic mass is 16.5. The third-order valence-electron chi connectivity index (χ3n) is 1.62. The molecule has 0 aromatic heterocycles. The lowest BCUT2D eigenvalue weighted by Gasteiger charge is -2.04.